The van der Waals surface area contributed by atoms with Crippen LogP contribution in [-0.2, 0) is 6.42 Å². The van der Waals surface area contributed by atoms with Gasteiger partial charge >= 0.3 is 0 Å². The van der Waals surface area contributed by atoms with Crippen molar-refractivity contribution < 1.29 is 5.11 Å². The second-order valence-electron chi connectivity index (χ2n) is 3.24. The van der Waals surface area contributed by atoms with Crippen LogP contribution in [0.15, 0.2) is 55.7 Å². The molecule has 1 nitrogen and oxygen atoms in total. The van der Waals surface area contributed by atoms with E-state index in [-0.39, 0.29) is 6.61 Å². The second kappa shape index (κ2) is 5.99. The molecule has 0 aliphatic heterocycles. The Bertz CT molecular complexity index is 375. The average molecular weight is 200 g/mol. The average Bonchev–Trinajstić information content (AvgIpc) is 2.27. The number of allylic oxidation sites excluding steroid dienone is 4. The van der Waals surface area contributed by atoms with Gasteiger partial charge < -0.3 is 5.11 Å². The Labute approximate surface area is 91.1 Å². The Hall–Kier alpha value is -1.60. The molecule has 0 aromatic heterocycles. The molecule has 78 valence electrons. The zero-order valence-electron chi connectivity index (χ0n) is 8.82. The van der Waals surface area contributed by atoms with E-state index in [9.17, 15) is 0 Å². The van der Waals surface area contributed by atoms with E-state index in [0.717, 1.165) is 16.7 Å². The SMILES string of the molecule is C=CC=C(C=C)c1cccc(CCO)c1. The van der Waals surface area contributed by atoms with Gasteiger partial charge in [0.15, 0.2) is 0 Å². The van der Waals surface area contributed by atoms with Gasteiger partial charge in [0.1, 0.15) is 0 Å². The van der Waals surface area contributed by atoms with Crippen molar-refractivity contribution in [2.75, 3.05) is 6.61 Å². The van der Waals surface area contributed by atoms with Crippen molar-refractivity contribution in [1.82, 2.24) is 0 Å². The van der Waals surface area contributed by atoms with Crippen LogP contribution >= 0.6 is 0 Å². The van der Waals surface area contributed by atoms with Gasteiger partial charge in [0.2, 0.25) is 0 Å². The first-order chi connectivity index (χ1) is 7.31. The van der Waals surface area contributed by atoms with Crippen LogP contribution in [0.2, 0.25) is 0 Å². The van der Waals surface area contributed by atoms with Crippen molar-refractivity contribution in [3.8, 4) is 0 Å². The first-order valence-electron chi connectivity index (χ1n) is 4.97. The molecule has 0 heterocycles. The number of hydrogen-bond donors (Lipinski definition) is 1. The lowest BCUT2D eigenvalue weighted by molar-refractivity contribution is 0.299. The highest BCUT2D eigenvalue weighted by atomic mass is 16.2. The minimum Gasteiger partial charge on any atom is -0.396 e. The normalized spacial score (nSPS) is 11.1. The third-order valence-corrected chi connectivity index (χ3v) is 2.18. The zero-order valence-corrected chi connectivity index (χ0v) is 8.82. The molecule has 0 saturated carbocycles. The molecule has 0 aliphatic carbocycles. The highest BCUT2D eigenvalue weighted by molar-refractivity contribution is 5.74. The molecule has 0 fully saturated rings. The van der Waals surface area contributed by atoms with Crippen molar-refractivity contribution in [3.63, 3.8) is 0 Å². The fraction of sp³-hybridized carbons (Fsp3) is 0.143. The van der Waals surface area contributed by atoms with E-state index >= 15 is 0 Å². The van der Waals surface area contributed by atoms with Crippen LogP contribution in [0.25, 0.3) is 5.57 Å². The Morgan fingerprint density at radius 3 is 2.73 bits per heavy atom. The third-order valence-electron chi connectivity index (χ3n) is 2.18. The van der Waals surface area contributed by atoms with Gasteiger partial charge in [-0.3, -0.25) is 0 Å². The summed E-state index contributed by atoms with van der Waals surface area (Å²) in [7, 11) is 0. The molecule has 0 bridgehead atoms. The lowest BCUT2D eigenvalue weighted by atomic mass is 10.0. The van der Waals surface area contributed by atoms with Gasteiger partial charge in [-0.05, 0) is 23.1 Å². The molecule has 1 aromatic carbocycles. The smallest absolute Gasteiger partial charge is 0.0471 e. The van der Waals surface area contributed by atoms with E-state index in [4.69, 9.17) is 5.11 Å². The molecule has 0 atom stereocenters. The van der Waals surface area contributed by atoms with Crippen LogP contribution in [0.4, 0.5) is 0 Å². The van der Waals surface area contributed by atoms with Gasteiger partial charge in [0.05, 0.1) is 0 Å². The van der Waals surface area contributed by atoms with E-state index in [2.05, 4.69) is 19.2 Å². The molecule has 15 heavy (non-hydrogen) atoms. The van der Waals surface area contributed by atoms with Crippen molar-refractivity contribution >= 4 is 5.57 Å². The Kier molecular flexibility index (Phi) is 4.58. The molecule has 0 unspecified atom stereocenters. The quantitative estimate of drug-likeness (QED) is 0.724. The predicted octanol–water partition coefficient (Wildman–Crippen LogP) is 2.98. The van der Waals surface area contributed by atoms with E-state index in [1.807, 2.05) is 24.3 Å². The summed E-state index contributed by atoms with van der Waals surface area (Å²) < 4.78 is 0. The number of aliphatic hydroxyl groups excluding tert-OH is 1. The predicted molar refractivity (Wildman–Crippen MR) is 65.6 cm³/mol. The van der Waals surface area contributed by atoms with Crippen molar-refractivity contribution in [2.45, 2.75) is 6.42 Å². The number of rotatable bonds is 5. The molecule has 1 aromatic rings. The first-order valence-corrected chi connectivity index (χ1v) is 4.97. The summed E-state index contributed by atoms with van der Waals surface area (Å²) in [5, 5.41) is 8.86. The largest absolute Gasteiger partial charge is 0.396 e. The van der Waals surface area contributed by atoms with Gasteiger partial charge in [0, 0.05) is 6.61 Å². The highest BCUT2D eigenvalue weighted by Crippen LogP contribution is 2.17. The molecule has 1 rings (SSSR count). The van der Waals surface area contributed by atoms with Gasteiger partial charge in [-0.15, -0.1) is 0 Å². The fourth-order valence-electron chi connectivity index (χ4n) is 1.44. The summed E-state index contributed by atoms with van der Waals surface area (Å²) >= 11 is 0. The summed E-state index contributed by atoms with van der Waals surface area (Å²) in [6.45, 7) is 7.61. The van der Waals surface area contributed by atoms with E-state index in [0.29, 0.717) is 6.42 Å². The van der Waals surface area contributed by atoms with Crippen LogP contribution in [0, 0.1) is 0 Å². The van der Waals surface area contributed by atoms with E-state index in [1.54, 1.807) is 12.2 Å². The van der Waals surface area contributed by atoms with Crippen molar-refractivity contribution in [3.05, 3.63) is 66.8 Å². The summed E-state index contributed by atoms with van der Waals surface area (Å²) in [5.74, 6) is 0. The zero-order chi connectivity index (χ0) is 11.1. The van der Waals surface area contributed by atoms with Crippen LogP contribution in [-0.4, -0.2) is 11.7 Å². The Morgan fingerprint density at radius 2 is 2.13 bits per heavy atom. The fourth-order valence-corrected chi connectivity index (χ4v) is 1.44. The van der Waals surface area contributed by atoms with E-state index < -0.39 is 0 Å². The lowest BCUT2D eigenvalue weighted by Gasteiger charge is -2.04. The topological polar surface area (TPSA) is 20.2 Å². The molecule has 0 saturated heterocycles. The molecule has 0 amide bonds. The molecule has 1 heteroatoms. The Morgan fingerprint density at radius 1 is 1.33 bits per heavy atom. The molecule has 0 spiro atoms. The molecular formula is C14H16O. The van der Waals surface area contributed by atoms with Crippen LogP contribution in [0.5, 0.6) is 0 Å². The summed E-state index contributed by atoms with van der Waals surface area (Å²) in [5.41, 5.74) is 3.28. The molecule has 0 radical (unpaired) electrons. The minimum absolute atomic E-state index is 0.179. The van der Waals surface area contributed by atoms with Crippen LogP contribution < -0.4 is 0 Å². The molecular weight excluding hydrogens is 184 g/mol. The summed E-state index contributed by atoms with van der Waals surface area (Å²) in [6, 6.07) is 8.08. The third kappa shape index (κ3) is 3.22. The maximum Gasteiger partial charge on any atom is 0.0471 e. The number of hydrogen-bond acceptors (Lipinski definition) is 1. The van der Waals surface area contributed by atoms with Gasteiger partial charge in [-0.2, -0.15) is 0 Å². The maximum atomic E-state index is 8.86. The van der Waals surface area contributed by atoms with E-state index in [1.165, 1.54) is 0 Å². The lowest BCUT2D eigenvalue weighted by Crippen LogP contribution is -1.91. The summed E-state index contributed by atoms with van der Waals surface area (Å²) in [4.78, 5) is 0. The molecule has 0 aliphatic rings. The van der Waals surface area contributed by atoms with Crippen molar-refractivity contribution in [1.29, 1.82) is 0 Å². The van der Waals surface area contributed by atoms with Gasteiger partial charge in [0.25, 0.3) is 0 Å². The van der Waals surface area contributed by atoms with Gasteiger partial charge in [-0.25, -0.2) is 0 Å². The number of benzene rings is 1. The second-order valence-corrected chi connectivity index (χ2v) is 3.24. The standard InChI is InChI=1S/C14H16O/c1-3-6-13(4-2)14-8-5-7-12(11-14)9-10-15/h3-8,11,15H,1-2,9-10H2. The highest BCUT2D eigenvalue weighted by Gasteiger charge is 1.98. The number of aliphatic hydroxyl groups is 1. The summed E-state index contributed by atoms with van der Waals surface area (Å²) in [6.07, 6.45) is 6.16. The van der Waals surface area contributed by atoms with Crippen LogP contribution in [0.1, 0.15) is 11.1 Å². The Balaban J connectivity index is 3.02. The van der Waals surface area contributed by atoms with Crippen LogP contribution in [0.3, 0.4) is 0 Å². The molecule has 1 N–H and O–H groups in total. The minimum atomic E-state index is 0.179. The van der Waals surface area contributed by atoms with Gasteiger partial charge in [-0.1, -0.05) is 55.7 Å². The van der Waals surface area contributed by atoms with Crippen molar-refractivity contribution in [2.24, 2.45) is 0 Å². The monoisotopic (exact) mass is 200 g/mol. The first kappa shape index (κ1) is 11.5. The maximum absolute atomic E-state index is 8.86.